The van der Waals surface area contributed by atoms with E-state index in [1.165, 1.54) is 0 Å². The van der Waals surface area contributed by atoms with Gasteiger partial charge in [-0.25, -0.2) is 0 Å². The Hall–Kier alpha value is -0.300. The number of nitrogens with zero attached hydrogens (tertiary/aromatic N) is 1. The van der Waals surface area contributed by atoms with E-state index >= 15 is 0 Å². The molecular weight excluding hydrogens is 252 g/mol. The SMILES string of the molecule is CN1CCOC(CNC(=O)C2(O)CCSCC2)C1. The van der Waals surface area contributed by atoms with Crippen LogP contribution in [0.5, 0.6) is 0 Å². The molecule has 0 aromatic rings. The fraction of sp³-hybridized carbons (Fsp3) is 0.917. The Morgan fingerprint density at radius 2 is 2.28 bits per heavy atom. The molecule has 2 rings (SSSR count). The maximum atomic E-state index is 12.0. The summed E-state index contributed by atoms with van der Waals surface area (Å²) in [4.78, 5) is 14.2. The summed E-state index contributed by atoms with van der Waals surface area (Å²) in [5.74, 6) is 1.47. The molecule has 2 N–H and O–H groups in total. The van der Waals surface area contributed by atoms with Gasteiger partial charge in [-0.1, -0.05) is 0 Å². The third kappa shape index (κ3) is 3.60. The predicted molar refractivity (Wildman–Crippen MR) is 71.8 cm³/mol. The zero-order chi connectivity index (χ0) is 13.0. The van der Waals surface area contributed by atoms with E-state index in [1.54, 1.807) is 11.8 Å². The molecular formula is C12H22N2O3S. The second kappa shape index (κ2) is 6.23. The van der Waals surface area contributed by atoms with Crippen LogP contribution in [0, 0.1) is 0 Å². The van der Waals surface area contributed by atoms with Gasteiger partial charge < -0.3 is 20.1 Å². The van der Waals surface area contributed by atoms with Crippen LogP contribution in [0.25, 0.3) is 0 Å². The lowest BCUT2D eigenvalue weighted by Crippen LogP contribution is -2.53. The smallest absolute Gasteiger partial charge is 0.252 e. The van der Waals surface area contributed by atoms with Crippen molar-refractivity contribution in [2.45, 2.75) is 24.5 Å². The van der Waals surface area contributed by atoms with E-state index in [-0.39, 0.29) is 12.0 Å². The highest BCUT2D eigenvalue weighted by Gasteiger charge is 2.37. The molecule has 0 radical (unpaired) electrons. The van der Waals surface area contributed by atoms with Crippen LogP contribution in [0.3, 0.4) is 0 Å². The lowest BCUT2D eigenvalue weighted by Gasteiger charge is -2.33. The van der Waals surface area contributed by atoms with Gasteiger partial charge in [0.1, 0.15) is 5.60 Å². The van der Waals surface area contributed by atoms with Gasteiger partial charge in [-0.2, -0.15) is 11.8 Å². The molecule has 5 nitrogen and oxygen atoms in total. The minimum absolute atomic E-state index is 0.0364. The number of ether oxygens (including phenoxy) is 1. The van der Waals surface area contributed by atoms with Gasteiger partial charge >= 0.3 is 0 Å². The van der Waals surface area contributed by atoms with Gasteiger partial charge in [0.2, 0.25) is 0 Å². The highest BCUT2D eigenvalue weighted by molar-refractivity contribution is 7.99. The van der Waals surface area contributed by atoms with E-state index in [0.717, 1.165) is 24.6 Å². The minimum Gasteiger partial charge on any atom is -0.380 e. The molecule has 18 heavy (non-hydrogen) atoms. The van der Waals surface area contributed by atoms with Crippen molar-refractivity contribution in [3.05, 3.63) is 0 Å². The average molecular weight is 274 g/mol. The summed E-state index contributed by atoms with van der Waals surface area (Å²) in [6.07, 6.45) is 1.14. The summed E-state index contributed by atoms with van der Waals surface area (Å²) in [5.41, 5.74) is -1.16. The van der Waals surface area contributed by atoms with Crippen LogP contribution in [0.4, 0.5) is 0 Å². The minimum atomic E-state index is -1.16. The molecule has 2 aliphatic rings. The van der Waals surface area contributed by atoms with Crippen LogP contribution in [-0.4, -0.2) is 72.4 Å². The second-order valence-corrected chi connectivity index (χ2v) is 6.33. The zero-order valence-corrected chi connectivity index (χ0v) is 11.7. The summed E-state index contributed by atoms with van der Waals surface area (Å²) in [6, 6.07) is 0. The molecule has 1 amide bonds. The highest BCUT2D eigenvalue weighted by Crippen LogP contribution is 2.26. The number of aliphatic hydroxyl groups is 1. The van der Waals surface area contributed by atoms with Gasteiger partial charge in [0.15, 0.2) is 0 Å². The molecule has 2 saturated heterocycles. The standard InChI is InChI=1S/C12H22N2O3S/c1-14-4-5-17-10(9-14)8-13-11(15)12(16)2-6-18-7-3-12/h10,16H,2-9H2,1H3,(H,13,15). The fourth-order valence-electron chi connectivity index (χ4n) is 2.30. The lowest BCUT2D eigenvalue weighted by molar-refractivity contribution is -0.141. The second-order valence-electron chi connectivity index (χ2n) is 5.11. The molecule has 104 valence electrons. The maximum absolute atomic E-state index is 12.0. The van der Waals surface area contributed by atoms with Gasteiger partial charge in [0.25, 0.3) is 5.91 Å². The Morgan fingerprint density at radius 1 is 1.56 bits per heavy atom. The van der Waals surface area contributed by atoms with Crippen LogP contribution in [0.1, 0.15) is 12.8 Å². The Labute approximate surface area is 112 Å². The van der Waals surface area contributed by atoms with Crippen molar-refractivity contribution in [1.82, 2.24) is 10.2 Å². The number of amides is 1. The molecule has 0 aromatic carbocycles. The molecule has 2 fully saturated rings. The molecule has 0 bridgehead atoms. The number of rotatable bonds is 3. The van der Waals surface area contributed by atoms with Crippen molar-refractivity contribution < 1.29 is 14.6 Å². The number of hydrogen-bond donors (Lipinski definition) is 2. The van der Waals surface area contributed by atoms with Gasteiger partial charge in [0.05, 0.1) is 12.7 Å². The molecule has 2 aliphatic heterocycles. The first-order valence-electron chi connectivity index (χ1n) is 6.49. The predicted octanol–water partition coefficient (Wildman–Crippen LogP) is -0.309. The van der Waals surface area contributed by atoms with Crippen molar-refractivity contribution in [2.24, 2.45) is 0 Å². The first-order chi connectivity index (χ1) is 8.60. The van der Waals surface area contributed by atoms with E-state index in [1.807, 2.05) is 7.05 Å². The molecule has 1 atom stereocenters. The largest absolute Gasteiger partial charge is 0.380 e. The third-order valence-corrected chi connectivity index (χ3v) is 4.56. The van der Waals surface area contributed by atoms with Gasteiger partial charge in [-0.15, -0.1) is 0 Å². The number of carbonyl (C=O) groups excluding carboxylic acids is 1. The summed E-state index contributed by atoms with van der Waals surface area (Å²) in [7, 11) is 2.04. The summed E-state index contributed by atoms with van der Waals surface area (Å²) >= 11 is 1.79. The van der Waals surface area contributed by atoms with E-state index in [4.69, 9.17) is 4.74 Å². The van der Waals surface area contributed by atoms with Crippen LogP contribution < -0.4 is 5.32 Å². The molecule has 1 unspecified atom stereocenters. The Bertz CT molecular complexity index is 295. The van der Waals surface area contributed by atoms with Crippen LogP contribution in [-0.2, 0) is 9.53 Å². The first kappa shape index (κ1) is 14.1. The van der Waals surface area contributed by atoms with E-state index < -0.39 is 5.60 Å². The highest BCUT2D eigenvalue weighted by atomic mass is 32.2. The monoisotopic (exact) mass is 274 g/mol. The fourth-order valence-corrected chi connectivity index (χ4v) is 3.47. The van der Waals surface area contributed by atoms with Gasteiger partial charge in [0, 0.05) is 19.6 Å². The number of thioether (sulfide) groups is 1. The quantitative estimate of drug-likeness (QED) is 0.739. The molecule has 6 heteroatoms. The normalized spacial score (nSPS) is 28.9. The number of likely N-dealkylation sites (N-methyl/N-ethyl adjacent to an activating group) is 1. The lowest BCUT2D eigenvalue weighted by atomic mass is 9.96. The number of morpholine rings is 1. The Balaban J connectivity index is 1.76. The van der Waals surface area contributed by atoms with Crippen molar-refractivity contribution >= 4 is 17.7 Å². The van der Waals surface area contributed by atoms with Gasteiger partial charge in [-0.3, -0.25) is 4.79 Å². The van der Waals surface area contributed by atoms with Crippen molar-refractivity contribution in [3.63, 3.8) is 0 Å². The Kier molecular flexibility index (Phi) is 4.89. The van der Waals surface area contributed by atoms with Crippen LogP contribution in [0.15, 0.2) is 0 Å². The van der Waals surface area contributed by atoms with Crippen LogP contribution in [0.2, 0.25) is 0 Å². The number of carbonyl (C=O) groups is 1. The van der Waals surface area contributed by atoms with Crippen LogP contribution >= 0.6 is 11.8 Å². The zero-order valence-electron chi connectivity index (χ0n) is 10.9. The molecule has 2 heterocycles. The average Bonchev–Trinajstić information content (AvgIpc) is 2.37. The number of hydrogen-bond acceptors (Lipinski definition) is 5. The third-order valence-electron chi connectivity index (χ3n) is 3.57. The summed E-state index contributed by atoms with van der Waals surface area (Å²) in [5, 5.41) is 13.1. The van der Waals surface area contributed by atoms with Crippen molar-refractivity contribution in [1.29, 1.82) is 0 Å². The molecule has 0 spiro atoms. The van der Waals surface area contributed by atoms with Gasteiger partial charge in [-0.05, 0) is 31.4 Å². The van der Waals surface area contributed by atoms with E-state index in [2.05, 4.69) is 10.2 Å². The van der Waals surface area contributed by atoms with Crippen molar-refractivity contribution in [3.8, 4) is 0 Å². The maximum Gasteiger partial charge on any atom is 0.252 e. The molecule has 0 saturated carbocycles. The summed E-state index contributed by atoms with van der Waals surface area (Å²) in [6.45, 7) is 2.96. The first-order valence-corrected chi connectivity index (χ1v) is 7.64. The topological polar surface area (TPSA) is 61.8 Å². The molecule has 0 aliphatic carbocycles. The Morgan fingerprint density at radius 3 is 2.94 bits per heavy atom. The van der Waals surface area contributed by atoms with E-state index in [9.17, 15) is 9.90 Å². The summed E-state index contributed by atoms with van der Waals surface area (Å²) < 4.78 is 5.58. The van der Waals surface area contributed by atoms with Crippen molar-refractivity contribution in [2.75, 3.05) is 44.8 Å². The molecule has 0 aromatic heterocycles. The van der Waals surface area contributed by atoms with E-state index in [0.29, 0.717) is 26.0 Å². The number of nitrogens with one attached hydrogen (secondary N) is 1.